The van der Waals surface area contributed by atoms with E-state index in [0.717, 1.165) is 6.07 Å². The second-order valence-electron chi connectivity index (χ2n) is 3.05. The Morgan fingerprint density at radius 1 is 1.65 bits per heavy atom. The molecule has 0 amide bonds. The quantitative estimate of drug-likeness (QED) is 0.466. The summed E-state index contributed by atoms with van der Waals surface area (Å²) in [5.41, 5.74) is -0.315. The van der Waals surface area contributed by atoms with E-state index in [2.05, 4.69) is 4.74 Å². The van der Waals surface area contributed by atoms with E-state index < -0.39 is 10.9 Å². The van der Waals surface area contributed by atoms with Crippen LogP contribution in [0, 0.1) is 21.4 Å². The Balaban J connectivity index is 3.26. The maximum absolute atomic E-state index is 11.1. The summed E-state index contributed by atoms with van der Waals surface area (Å²) >= 11 is 5.82. The minimum atomic E-state index is -0.702. The van der Waals surface area contributed by atoms with Gasteiger partial charge in [0.1, 0.15) is 11.6 Å². The lowest BCUT2D eigenvalue weighted by atomic mass is 10.1. The molecule has 1 aromatic rings. The van der Waals surface area contributed by atoms with Crippen LogP contribution in [0.1, 0.15) is 11.1 Å². The van der Waals surface area contributed by atoms with Crippen LogP contribution in [0.2, 0.25) is 5.02 Å². The number of nitrogens with zero attached hydrogens (tertiary/aromatic N) is 2. The maximum atomic E-state index is 11.1. The highest BCUT2D eigenvalue weighted by Crippen LogP contribution is 2.29. The Hall–Kier alpha value is -2.13. The Labute approximate surface area is 102 Å². The minimum Gasteiger partial charge on any atom is -0.469 e. The number of benzene rings is 1. The molecule has 0 atom stereocenters. The number of ether oxygens (including phenoxy) is 1. The van der Waals surface area contributed by atoms with Gasteiger partial charge in [-0.3, -0.25) is 14.9 Å². The molecular weight excluding hydrogens is 248 g/mol. The van der Waals surface area contributed by atoms with Crippen molar-refractivity contribution >= 4 is 23.3 Å². The van der Waals surface area contributed by atoms with E-state index in [-0.39, 0.29) is 22.7 Å². The number of nitro groups is 1. The van der Waals surface area contributed by atoms with Crippen molar-refractivity contribution in [2.24, 2.45) is 0 Å². The standard InChI is InChI=1S/C10H7ClN2O4/c1-17-9(14)4-6-2-3-8(13(15)16)7(5-12)10(6)11/h2-3H,4H2,1H3. The molecule has 0 aliphatic rings. The summed E-state index contributed by atoms with van der Waals surface area (Å²) in [6, 6.07) is 4.12. The molecule has 6 nitrogen and oxygen atoms in total. The van der Waals surface area contributed by atoms with Crippen LogP contribution >= 0.6 is 11.6 Å². The highest BCUT2D eigenvalue weighted by molar-refractivity contribution is 6.33. The fourth-order valence-corrected chi connectivity index (χ4v) is 1.50. The van der Waals surface area contributed by atoms with Crippen molar-refractivity contribution in [3.05, 3.63) is 38.4 Å². The molecule has 1 rings (SSSR count). The highest BCUT2D eigenvalue weighted by Gasteiger charge is 2.20. The van der Waals surface area contributed by atoms with Gasteiger partial charge in [0, 0.05) is 6.07 Å². The molecule has 7 heteroatoms. The molecule has 1 aromatic carbocycles. The normalized spacial score (nSPS) is 9.47. The molecule has 17 heavy (non-hydrogen) atoms. The van der Waals surface area contributed by atoms with Gasteiger partial charge in [0.2, 0.25) is 0 Å². The van der Waals surface area contributed by atoms with E-state index in [1.54, 1.807) is 6.07 Å². The highest BCUT2D eigenvalue weighted by atomic mass is 35.5. The first-order valence-electron chi connectivity index (χ1n) is 4.44. The Bertz CT molecular complexity index is 522. The minimum absolute atomic E-state index is 0.0906. The maximum Gasteiger partial charge on any atom is 0.310 e. The number of methoxy groups -OCH3 is 1. The zero-order valence-electron chi connectivity index (χ0n) is 8.77. The van der Waals surface area contributed by atoms with Gasteiger partial charge in [0.15, 0.2) is 0 Å². The lowest BCUT2D eigenvalue weighted by molar-refractivity contribution is -0.385. The molecule has 0 heterocycles. The van der Waals surface area contributed by atoms with Crippen LogP contribution in [0.3, 0.4) is 0 Å². The Kier molecular flexibility index (Phi) is 4.01. The zero-order valence-corrected chi connectivity index (χ0v) is 9.52. The first-order valence-corrected chi connectivity index (χ1v) is 4.81. The number of carbonyl (C=O) groups excluding carboxylic acids is 1. The molecule has 0 radical (unpaired) electrons. The molecule has 0 aliphatic carbocycles. The number of hydrogen-bond acceptors (Lipinski definition) is 5. The van der Waals surface area contributed by atoms with E-state index >= 15 is 0 Å². The van der Waals surface area contributed by atoms with Crippen LogP contribution in [0.15, 0.2) is 12.1 Å². The van der Waals surface area contributed by atoms with Gasteiger partial charge < -0.3 is 4.74 Å². The van der Waals surface area contributed by atoms with Gasteiger partial charge in [-0.1, -0.05) is 17.7 Å². The average molecular weight is 255 g/mol. The topological polar surface area (TPSA) is 93.2 Å². The van der Waals surface area contributed by atoms with Gasteiger partial charge in [0.05, 0.1) is 23.5 Å². The van der Waals surface area contributed by atoms with Crippen molar-refractivity contribution in [3.63, 3.8) is 0 Å². The lowest BCUT2D eigenvalue weighted by Crippen LogP contribution is -2.06. The van der Waals surface area contributed by atoms with Crippen LogP contribution in [-0.4, -0.2) is 18.0 Å². The summed E-state index contributed by atoms with van der Waals surface area (Å²) in [6.45, 7) is 0. The first-order chi connectivity index (χ1) is 8.01. The molecule has 88 valence electrons. The summed E-state index contributed by atoms with van der Waals surface area (Å²) < 4.78 is 4.45. The fourth-order valence-electron chi connectivity index (χ4n) is 1.23. The molecule has 0 spiro atoms. The van der Waals surface area contributed by atoms with Gasteiger partial charge in [-0.05, 0) is 5.56 Å². The largest absolute Gasteiger partial charge is 0.469 e. The number of nitriles is 1. The van der Waals surface area contributed by atoms with Gasteiger partial charge >= 0.3 is 5.97 Å². The molecule has 0 fully saturated rings. The molecule has 0 N–H and O–H groups in total. The van der Waals surface area contributed by atoms with Crippen LogP contribution in [0.5, 0.6) is 0 Å². The second-order valence-corrected chi connectivity index (χ2v) is 3.43. The average Bonchev–Trinajstić information content (AvgIpc) is 2.30. The molecule has 0 aliphatic heterocycles. The number of hydrogen-bond donors (Lipinski definition) is 0. The van der Waals surface area contributed by atoms with Crippen LogP contribution in [0.4, 0.5) is 5.69 Å². The Morgan fingerprint density at radius 2 is 2.29 bits per heavy atom. The molecular formula is C10H7ClN2O4. The lowest BCUT2D eigenvalue weighted by Gasteiger charge is -2.04. The Morgan fingerprint density at radius 3 is 2.76 bits per heavy atom. The number of esters is 1. The third-order valence-electron chi connectivity index (χ3n) is 2.07. The van der Waals surface area contributed by atoms with E-state index in [1.165, 1.54) is 13.2 Å². The van der Waals surface area contributed by atoms with Crippen molar-refractivity contribution in [1.29, 1.82) is 5.26 Å². The van der Waals surface area contributed by atoms with Gasteiger partial charge in [0.25, 0.3) is 5.69 Å². The molecule has 0 saturated heterocycles. The zero-order chi connectivity index (χ0) is 13.0. The second kappa shape index (κ2) is 5.27. The number of carbonyl (C=O) groups is 1. The monoisotopic (exact) mass is 254 g/mol. The summed E-state index contributed by atoms with van der Waals surface area (Å²) in [5.74, 6) is -0.537. The van der Waals surface area contributed by atoms with E-state index in [0.29, 0.717) is 5.56 Å². The number of nitro benzene ring substituents is 1. The summed E-state index contributed by atoms with van der Waals surface area (Å²) in [6.07, 6.45) is -0.137. The number of halogens is 1. The van der Waals surface area contributed by atoms with Crippen molar-refractivity contribution in [2.45, 2.75) is 6.42 Å². The molecule has 0 unspecified atom stereocenters. The van der Waals surface area contributed by atoms with E-state index in [1.807, 2.05) is 0 Å². The van der Waals surface area contributed by atoms with Gasteiger partial charge in [-0.15, -0.1) is 0 Å². The van der Waals surface area contributed by atoms with Crippen molar-refractivity contribution < 1.29 is 14.5 Å². The summed E-state index contributed by atoms with van der Waals surface area (Å²) in [7, 11) is 1.22. The smallest absolute Gasteiger partial charge is 0.310 e. The predicted octanol–water partition coefficient (Wildman–Crippen LogP) is 1.84. The van der Waals surface area contributed by atoms with E-state index in [4.69, 9.17) is 16.9 Å². The molecule has 0 bridgehead atoms. The summed E-state index contributed by atoms with van der Waals surface area (Å²) in [5, 5.41) is 19.3. The van der Waals surface area contributed by atoms with E-state index in [9.17, 15) is 14.9 Å². The first kappa shape index (κ1) is 12.9. The third kappa shape index (κ3) is 2.71. The summed E-state index contributed by atoms with van der Waals surface area (Å²) in [4.78, 5) is 21.0. The van der Waals surface area contributed by atoms with Gasteiger partial charge in [-0.25, -0.2) is 0 Å². The van der Waals surface area contributed by atoms with Crippen molar-refractivity contribution in [3.8, 4) is 6.07 Å². The fraction of sp³-hybridized carbons (Fsp3) is 0.200. The number of rotatable bonds is 3. The van der Waals surface area contributed by atoms with Crippen molar-refractivity contribution in [2.75, 3.05) is 7.11 Å². The molecule has 0 aromatic heterocycles. The predicted molar refractivity (Wildman–Crippen MR) is 58.5 cm³/mol. The van der Waals surface area contributed by atoms with Crippen molar-refractivity contribution in [1.82, 2.24) is 0 Å². The SMILES string of the molecule is COC(=O)Cc1ccc([N+](=O)[O-])c(C#N)c1Cl. The van der Waals surface area contributed by atoms with Crippen LogP contribution in [0.25, 0.3) is 0 Å². The van der Waals surface area contributed by atoms with Crippen LogP contribution < -0.4 is 0 Å². The van der Waals surface area contributed by atoms with Gasteiger partial charge in [-0.2, -0.15) is 5.26 Å². The molecule has 0 saturated carbocycles. The van der Waals surface area contributed by atoms with Crippen LogP contribution in [-0.2, 0) is 16.0 Å². The third-order valence-corrected chi connectivity index (χ3v) is 2.50.